The number of hydrogen-bond acceptors (Lipinski definition) is 4. The number of amidine groups is 1. The fourth-order valence-corrected chi connectivity index (χ4v) is 5.27. The van der Waals surface area contributed by atoms with Gasteiger partial charge in [-0.15, -0.1) is 0 Å². The summed E-state index contributed by atoms with van der Waals surface area (Å²) in [6, 6.07) is 15.6. The molecular weight excluding hydrogens is 546 g/mol. The van der Waals surface area contributed by atoms with Crippen molar-refractivity contribution < 1.29 is 18.3 Å². The average Bonchev–Trinajstić information content (AvgIpc) is 3.09. The molecule has 4 rings (SSSR count). The first-order valence-electron chi connectivity index (χ1n) is 10.3. The number of aliphatic imine (C=N–C) groups is 1. The summed E-state index contributed by atoms with van der Waals surface area (Å²) in [5.41, 5.74) is 1.65. The zero-order chi connectivity index (χ0) is 24.2. The number of likely N-dealkylation sites (N-methyl/N-ethyl adjacent to an activating group) is 1. The predicted molar refractivity (Wildman–Crippen MR) is 136 cm³/mol. The molecule has 0 atom stereocenters. The second-order valence-electron chi connectivity index (χ2n) is 7.22. The maximum atomic E-state index is 13.9. The molecule has 1 amide bonds. The number of ether oxygens (including phenoxy) is 1. The van der Waals surface area contributed by atoms with Gasteiger partial charge in [0.25, 0.3) is 5.91 Å². The van der Waals surface area contributed by atoms with Crippen molar-refractivity contribution in [2.45, 2.75) is 13.5 Å². The number of benzene rings is 3. The number of rotatable bonds is 6. The Morgan fingerprint density at radius 2 is 1.88 bits per heavy atom. The van der Waals surface area contributed by atoms with Gasteiger partial charge < -0.3 is 4.74 Å². The molecule has 1 saturated heterocycles. The van der Waals surface area contributed by atoms with Gasteiger partial charge in [0.1, 0.15) is 18.2 Å². The van der Waals surface area contributed by atoms with E-state index in [4.69, 9.17) is 16.3 Å². The van der Waals surface area contributed by atoms with Crippen LogP contribution in [-0.4, -0.2) is 22.5 Å². The van der Waals surface area contributed by atoms with Crippen molar-refractivity contribution in [1.29, 1.82) is 0 Å². The standard InChI is InChI=1S/C25H18BrClF2N2O2S/c1-2-31-24(32)22(34-25(31)30-18-9-7-17(28)8-10-18)13-15-11-19(26)23(20(27)12-15)33-14-16-5-3-4-6-21(16)29/h3-13H,2,14H2,1H3/b22-13+,30-25?. The lowest BCUT2D eigenvalue weighted by Crippen LogP contribution is -2.28. The molecule has 0 radical (unpaired) electrons. The molecule has 34 heavy (non-hydrogen) atoms. The number of hydrogen-bond donors (Lipinski definition) is 0. The van der Waals surface area contributed by atoms with Crippen LogP contribution in [0.1, 0.15) is 18.1 Å². The Kier molecular flexibility index (Phi) is 7.70. The normalized spacial score (nSPS) is 16.0. The Labute approximate surface area is 213 Å². The quantitative estimate of drug-likeness (QED) is 0.290. The van der Waals surface area contributed by atoms with E-state index in [1.807, 2.05) is 6.92 Å². The van der Waals surface area contributed by atoms with Crippen LogP contribution < -0.4 is 4.74 Å². The number of nitrogens with zero attached hydrogens (tertiary/aromatic N) is 2. The van der Waals surface area contributed by atoms with E-state index < -0.39 is 0 Å². The predicted octanol–water partition coefficient (Wildman–Crippen LogP) is 7.58. The third-order valence-electron chi connectivity index (χ3n) is 4.90. The lowest BCUT2D eigenvalue weighted by molar-refractivity contribution is -0.122. The SMILES string of the molecule is CCN1C(=O)/C(=C\c2cc(Cl)c(OCc3ccccc3F)c(Br)c2)SC1=Nc1ccc(F)cc1. The summed E-state index contributed by atoms with van der Waals surface area (Å²) in [6.45, 7) is 2.32. The van der Waals surface area contributed by atoms with Gasteiger partial charge in [-0.05, 0) is 88.7 Å². The number of carbonyl (C=O) groups excluding carboxylic acids is 1. The molecule has 3 aromatic carbocycles. The molecule has 9 heteroatoms. The Bertz CT molecular complexity index is 1280. The van der Waals surface area contributed by atoms with E-state index in [2.05, 4.69) is 20.9 Å². The molecule has 0 saturated carbocycles. The minimum atomic E-state index is -0.355. The summed E-state index contributed by atoms with van der Waals surface area (Å²) in [6.07, 6.45) is 1.72. The molecular formula is C25H18BrClF2N2O2S. The van der Waals surface area contributed by atoms with Crippen molar-refractivity contribution in [3.8, 4) is 5.75 Å². The molecule has 0 unspecified atom stereocenters. The van der Waals surface area contributed by atoms with Gasteiger partial charge in [0.2, 0.25) is 0 Å². The van der Waals surface area contributed by atoms with Crippen LogP contribution in [0.25, 0.3) is 6.08 Å². The zero-order valence-corrected chi connectivity index (χ0v) is 21.1. The number of amides is 1. The second-order valence-corrected chi connectivity index (χ2v) is 9.50. The molecule has 4 nitrogen and oxygen atoms in total. The summed E-state index contributed by atoms with van der Waals surface area (Å²) in [5.74, 6) is -0.506. The highest BCUT2D eigenvalue weighted by Crippen LogP contribution is 2.38. The Morgan fingerprint density at radius 1 is 1.15 bits per heavy atom. The molecule has 1 aliphatic heterocycles. The van der Waals surface area contributed by atoms with Gasteiger partial charge >= 0.3 is 0 Å². The van der Waals surface area contributed by atoms with Crippen molar-refractivity contribution >= 4 is 62.1 Å². The van der Waals surface area contributed by atoms with E-state index in [1.54, 1.807) is 53.4 Å². The van der Waals surface area contributed by atoms with Crippen molar-refractivity contribution in [3.05, 3.63) is 97.8 Å². The summed E-state index contributed by atoms with van der Waals surface area (Å²) in [4.78, 5) is 19.4. The minimum absolute atomic E-state index is 0.0223. The van der Waals surface area contributed by atoms with E-state index in [1.165, 1.54) is 30.0 Å². The van der Waals surface area contributed by atoms with Crippen LogP contribution in [0.2, 0.25) is 5.02 Å². The highest BCUT2D eigenvalue weighted by molar-refractivity contribution is 9.10. The first-order valence-corrected chi connectivity index (χ1v) is 12.3. The minimum Gasteiger partial charge on any atom is -0.486 e. The number of thioether (sulfide) groups is 1. The van der Waals surface area contributed by atoms with Gasteiger partial charge in [0.15, 0.2) is 10.9 Å². The van der Waals surface area contributed by atoms with Crippen LogP contribution >= 0.6 is 39.3 Å². The van der Waals surface area contributed by atoms with Gasteiger partial charge in [0.05, 0.1) is 20.1 Å². The molecule has 1 fully saturated rings. The average molecular weight is 564 g/mol. The zero-order valence-electron chi connectivity index (χ0n) is 17.9. The van der Waals surface area contributed by atoms with Crippen LogP contribution in [0, 0.1) is 11.6 Å². The fraction of sp³-hybridized carbons (Fsp3) is 0.120. The van der Waals surface area contributed by atoms with E-state index in [-0.39, 0.29) is 24.1 Å². The number of carbonyl (C=O) groups is 1. The van der Waals surface area contributed by atoms with Crippen molar-refractivity contribution in [3.63, 3.8) is 0 Å². The molecule has 0 aliphatic carbocycles. The summed E-state index contributed by atoms with van der Waals surface area (Å²) >= 11 is 11.1. The van der Waals surface area contributed by atoms with Crippen LogP contribution in [-0.2, 0) is 11.4 Å². The van der Waals surface area contributed by atoms with E-state index in [0.29, 0.717) is 48.7 Å². The Balaban J connectivity index is 1.56. The van der Waals surface area contributed by atoms with E-state index in [0.717, 1.165) is 0 Å². The van der Waals surface area contributed by atoms with Crippen LogP contribution in [0.15, 0.2) is 75.0 Å². The lowest BCUT2D eigenvalue weighted by atomic mass is 10.2. The van der Waals surface area contributed by atoms with Gasteiger partial charge in [-0.2, -0.15) is 0 Å². The first-order chi connectivity index (χ1) is 16.4. The van der Waals surface area contributed by atoms with Crippen molar-refractivity contribution in [1.82, 2.24) is 4.90 Å². The maximum absolute atomic E-state index is 13.9. The largest absolute Gasteiger partial charge is 0.486 e. The van der Waals surface area contributed by atoms with Gasteiger partial charge in [0, 0.05) is 12.1 Å². The molecule has 3 aromatic rings. The smallest absolute Gasteiger partial charge is 0.266 e. The molecule has 1 aliphatic rings. The Morgan fingerprint density at radius 3 is 2.56 bits per heavy atom. The second kappa shape index (κ2) is 10.7. The van der Waals surface area contributed by atoms with Crippen LogP contribution in [0.4, 0.5) is 14.5 Å². The fourth-order valence-electron chi connectivity index (χ4n) is 3.21. The summed E-state index contributed by atoms with van der Waals surface area (Å²) < 4.78 is 33.4. The van der Waals surface area contributed by atoms with Gasteiger partial charge in [-0.1, -0.05) is 29.8 Å². The number of halogens is 4. The molecule has 0 aromatic heterocycles. The molecule has 0 bridgehead atoms. The van der Waals surface area contributed by atoms with E-state index >= 15 is 0 Å². The monoisotopic (exact) mass is 562 g/mol. The van der Waals surface area contributed by atoms with Crippen molar-refractivity contribution in [2.24, 2.45) is 4.99 Å². The molecule has 174 valence electrons. The highest BCUT2D eigenvalue weighted by Gasteiger charge is 2.32. The first kappa shape index (κ1) is 24.4. The van der Waals surface area contributed by atoms with Gasteiger partial charge in [-0.3, -0.25) is 9.69 Å². The molecule has 0 spiro atoms. The highest BCUT2D eigenvalue weighted by atomic mass is 79.9. The molecule has 0 N–H and O–H groups in total. The summed E-state index contributed by atoms with van der Waals surface area (Å²) in [5, 5.41) is 0.834. The lowest BCUT2D eigenvalue weighted by Gasteiger charge is -2.12. The molecule has 1 heterocycles. The summed E-state index contributed by atoms with van der Waals surface area (Å²) in [7, 11) is 0. The maximum Gasteiger partial charge on any atom is 0.266 e. The topological polar surface area (TPSA) is 41.9 Å². The third-order valence-corrected chi connectivity index (χ3v) is 6.78. The Hall–Kier alpha value is -2.68. The van der Waals surface area contributed by atoms with Crippen molar-refractivity contribution in [2.75, 3.05) is 6.54 Å². The van der Waals surface area contributed by atoms with Gasteiger partial charge in [-0.25, -0.2) is 13.8 Å². The third kappa shape index (κ3) is 5.51. The van der Waals surface area contributed by atoms with Crippen LogP contribution in [0.3, 0.4) is 0 Å². The van der Waals surface area contributed by atoms with Crippen LogP contribution in [0.5, 0.6) is 5.75 Å². The van der Waals surface area contributed by atoms with E-state index in [9.17, 15) is 13.6 Å².